The van der Waals surface area contributed by atoms with Crippen LogP contribution in [-0.2, 0) is 22.4 Å². The molecule has 5 heterocycles. The van der Waals surface area contributed by atoms with E-state index < -0.39 is 0 Å². The third kappa shape index (κ3) is 24.1. The zero-order valence-electron chi connectivity index (χ0n) is 59.0. The molecule has 0 fully saturated rings. The zero-order valence-corrected chi connectivity index (χ0v) is 61.4. The summed E-state index contributed by atoms with van der Waals surface area (Å²) < 4.78 is 0. The van der Waals surface area contributed by atoms with Crippen molar-refractivity contribution >= 4 is 68.3 Å². The van der Waals surface area contributed by atoms with Crippen LogP contribution in [0.2, 0.25) is 0 Å². The molecule has 0 saturated heterocycles. The Morgan fingerprint density at radius 3 is 1.20 bits per heavy atom. The van der Waals surface area contributed by atoms with E-state index in [0.717, 1.165) is 61.2 Å². The number of thiophene rings is 3. The van der Waals surface area contributed by atoms with Gasteiger partial charge in [-0.05, 0) is 122 Å². The molecule has 0 bridgehead atoms. The molecule has 2 aliphatic heterocycles. The molecule has 2 aliphatic rings. The van der Waals surface area contributed by atoms with Gasteiger partial charge in [-0.15, -0.1) is 34.0 Å². The predicted octanol–water partition coefficient (Wildman–Crippen LogP) is 28.1. The molecule has 2 unspecified atom stereocenters. The van der Waals surface area contributed by atoms with E-state index in [4.69, 9.17) is 0 Å². The van der Waals surface area contributed by atoms with Gasteiger partial charge >= 0.3 is 0 Å². The standard InChI is InChI=1S/C84H128N2O2S3/c1-7-13-19-25-29-31-33-35-39-45-53-69-61-62-89-81(69)76-59-60-77(90-76)82-71(54-46-40-36-34-32-30-26-20-14-8-2)64-78(91-82)70-57-58-73-75(63-70)86(66-68(50-42-24-18-12-6)52-44-38-28-22-16-10-4)84(88)80(73)79-72-55-47-48-56-74(72)85(83(79)87)65-67(49-41-23-17-11-5)51-43-37-27-21-15-9-3/h47-48,55-64,67-68H,7-46,49-54,65-66H2,1-6H3/b80-79+. The summed E-state index contributed by atoms with van der Waals surface area (Å²) in [4.78, 5) is 42.9. The minimum Gasteiger partial charge on any atom is -0.307 e. The Morgan fingerprint density at radius 2 is 0.725 bits per heavy atom. The van der Waals surface area contributed by atoms with Crippen LogP contribution in [0.1, 0.15) is 346 Å². The van der Waals surface area contributed by atoms with E-state index in [1.807, 2.05) is 34.0 Å². The summed E-state index contributed by atoms with van der Waals surface area (Å²) in [5.41, 5.74) is 9.30. The molecule has 4 nitrogen and oxygen atoms in total. The summed E-state index contributed by atoms with van der Waals surface area (Å²) in [5.74, 6) is 0.885. The van der Waals surface area contributed by atoms with E-state index in [-0.39, 0.29) is 11.8 Å². The van der Waals surface area contributed by atoms with Gasteiger partial charge in [-0.1, -0.05) is 316 Å². The Balaban J connectivity index is 1.22. The van der Waals surface area contributed by atoms with Crippen molar-refractivity contribution in [2.24, 2.45) is 11.8 Å². The van der Waals surface area contributed by atoms with Crippen molar-refractivity contribution in [3.8, 4) is 29.9 Å². The third-order valence-corrected chi connectivity index (χ3v) is 24.1. The molecular weight excluding hydrogens is 1170 g/mol. The van der Waals surface area contributed by atoms with E-state index in [2.05, 4.69) is 123 Å². The van der Waals surface area contributed by atoms with E-state index >= 15 is 9.59 Å². The molecule has 0 N–H and O–H groups in total. The lowest BCUT2D eigenvalue weighted by Crippen LogP contribution is -2.34. The first-order chi connectivity index (χ1) is 44.8. The molecule has 91 heavy (non-hydrogen) atoms. The first-order valence-electron chi connectivity index (χ1n) is 38.8. The summed E-state index contributed by atoms with van der Waals surface area (Å²) >= 11 is 5.89. The minimum absolute atomic E-state index is 0.0226. The monoisotopic (exact) mass is 1290 g/mol. The van der Waals surface area contributed by atoms with Crippen LogP contribution < -0.4 is 9.80 Å². The normalized spacial score (nSPS) is 14.6. The first kappa shape index (κ1) is 74.6. The molecule has 0 spiro atoms. The number of aryl methyl sites for hydroxylation is 2. The Morgan fingerprint density at radius 1 is 0.341 bits per heavy atom. The second kappa shape index (κ2) is 44.1. The van der Waals surface area contributed by atoms with Crippen LogP contribution in [0.5, 0.6) is 0 Å². The topological polar surface area (TPSA) is 40.6 Å². The van der Waals surface area contributed by atoms with E-state index in [0.29, 0.717) is 29.5 Å². The highest BCUT2D eigenvalue weighted by Crippen LogP contribution is 2.51. The van der Waals surface area contributed by atoms with E-state index in [1.165, 1.54) is 304 Å². The molecule has 0 aliphatic carbocycles. The fourth-order valence-electron chi connectivity index (χ4n) is 14.8. The van der Waals surface area contributed by atoms with Crippen molar-refractivity contribution in [2.75, 3.05) is 22.9 Å². The van der Waals surface area contributed by atoms with Crippen LogP contribution in [-0.4, -0.2) is 24.9 Å². The van der Waals surface area contributed by atoms with Gasteiger partial charge in [-0.2, -0.15) is 0 Å². The van der Waals surface area contributed by atoms with Gasteiger partial charge in [0.25, 0.3) is 11.8 Å². The Bertz CT molecular complexity index is 2830. The number of para-hydroxylation sites is 1. The minimum atomic E-state index is 0.0226. The number of unbranched alkanes of at least 4 members (excludes halogenated alkanes) is 34. The average Bonchev–Trinajstić information content (AvgIpc) is 1.59. The van der Waals surface area contributed by atoms with Crippen molar-refractivity contribution in [3.63, 3.8) is 0 Å². The Kier molecular flexibility index (Phi) is 36.1. The van der Waals surface area contributed by atoms with Crippen molar-refractivity contribution in [1.29, 1.82) is 0 Å². The fourth-order valence-corrected chi connectivity index (χ4v) is 18.3. The summed E-state index contributed by atoms with van der Waals surface area (Å²) in [7, 11) is 0. The lowest BCUT2D eigenvalue weighted by Gasteiger charge is -2.25. The van der Waals surface area contributed by atoms with Crippen molar-refractivity contribution in [2.45, 2.75) is 337 Å². The number of amides is 2. The molecule has 7 heteroatoms. The van der Waals surface area contributed by atoms with Crippen molar-refractivity contribution < 1.29 is 9.59 Å². The van der Waals surface area contributed by atoms with Crippen LogP contribution in [0.3, 0.4) is 0 Å². The van der Waals surface area contributed by atoms with E-state index in [1.54, 1.807) is 0 Å². The van der Waals surface area contributed by atoms with Gasteiger partial charge in [0.05, 0.1) is 22.5 Å². The van der Waals surface area contributed by atoms with Gasteiger partial charge in [0, 0.05) is 48.6 Å². The quantitative estimate of drug-likeness (QED) is 0.0288. The summed E-state index contributed by atoms with van der Waals surface area (Å²) in [6, 6.07) is 25.2. The van der Waals surface area contributed by atoms with Crippen molar-refractivity contribution in [3.05, 3.63) is 94.4 Å². The number of rotatable bonds is 53. The highest BCUT2D eigenvalue weighted by atomic mass is 32.1. The number of anilines is 2. The zero-order chi connectivity index (χ0) is 64.1. The van der Waals surface area contributed by atoms with Gasteiger partial charge < -0.3 is 9.80 Å². The van der Waals surface area contributed by atoms with Crippen LogP contribution in [0, 0.1) is 11.8 Å². The molecule has 2 atom stereocenters. The summed E-state index contributed by atoms with van der Waals surface area (Å²) in [6.45, 7) is 15.3. The van der Waals surface area contributed by atoms with Crippen LogP contribution in [0.4, 0.5) is 11.4 Å². The number of nitrogens with zero attached hydrogens (tertiary/aromatic N) is 2. The smallest absolute Gasteiger partial charge is 0.259 e. The lowest BCUT2D eigenvalue weighted by atomic mass is 9.93. The second-order valence-electron chi connectivity index (χ2n) is 28.1. The molecular formula is C84H128N2O2S3. The number of fused-ring (bicyclic) bond motifs is 2. The predicted molar refractivity (Wildman–Crippen MR) is 406 cm³/mol. The molecule has 0 saturated carbocycles. The second-order valence-corrected chi connectivity index (χ2v) is 31.2. The SMILES string of the molecule is CCCCCCCCCCCCc1ccsc1-c1ccc(-c2sc(-c3ccc4c(c3)N(CC(CCCCCC)CCCCCCCC)C(=O)/C4=C3/C(=O)N(CC(CCCCCC)CCCCCCCC)c4ccccc43)cc2CCCCCCCCCCCC)s1. The number of hydrogen-bond acceptors (Lipinski definition) is 5. The number of carbonyl (C=O) groups excluding carboxylic acids is 2. The number of hydrogen-bond donors (Lipinski definition) is 0. The maximum absolute atomic E-state index is 16.0. The summed E-state index contributed by atoms with van der Waals surface area (Å²) in [5, 5.41) is 2.33. The average molecular weight is 1290 g/mol. The molecule has 5 aromatic rings. The van der Waals surface area contributed by atoms with Gasteiger partial charge in [-0.25, -0.2) is 0 Å². The third-order valence-electron chi connectivity index (χ3n) is 20.4. The summed E-state index contributed by atoms with van der Waals surface area (Å²) in [6.07, 6.45) is 59.1. The van der Waals surface area contributed by atoms with E-state index in [9.17, 15) is 0 Å². The van der Waals surface area contributed by atoms with Crippen LogP contribution in [0.15, 0.2) is 72.1 Å². The molecule has 0 radical (unpaired) electrons. The molecule has 3 aromatic heterocycles. The fraction of sp³-hybridized carbons (Fsp3) is 0.667. The van der Waals surface area contributed by atoms with Gasteiger partial charge in [0.1, 0.15) is 0 Å². The van der Waals surface area contributed by atoms with Crippen LogP contribution >= 0.6 is 34.0 Å². The van der Waals surface area contributed by atoms with Crippen LogP contribution in [0.25, 0.3) is 41.1 Å². The first-order valence-corrected chi connectivity index (χ1v) is 41.3. The molecule has 2 amide bonds. The molecule has 504 valence electrons. The highest BCUT2D eigenvalue weighted by molar-refractivity contribution is 7.27. The molecule has 2 aromatic carbocycles. The maximum Gasteiger partial charge on any atom is 0.259 e. The Labute approximate surface area is 570 Å². The number of carbonyl (C=O) groups is 2. The van der Waals surface area contributed by atoms with Gasteiger partial charge in [0.15, 0.2) is 0 Å². The van der Waals surface area contributed by atoms with Crippen molar-refractivity contribution in [1.82, 2.24) is 0 Å². The van der Waals surface area contributed by atoms with Gasteiger partial charge in [0.2, 0.25) is 0 Å². The maximum atomic E-state index is 16.0. The largest absolute Gasteiger partial charge is 0.307 e. The molecule has 7 rings (SSSR count). The van der Waals surface area contributed by atoms with Gasteiger partial charge in [-0.3, -0.25) is 9.59 Å². The Hall–Kier alpha value is -3.78. The lowest BCUT2D eigenvalue weighted by molar-refractivity contribution is -0.114. The highest BCUT2D eigenvalue weighted by Gasteiger charge is 2.43. The number of benzene rings is 2.